The molecule has 0 aromatic carbocycles. The van der Waals surface area contributed by atoms with Gasteiger partial charge in [-0.2, -0.15) is 0 Å². The van der Waals surface area contributed by atoms with Crippen molar-refractivity contribution in [3.63, 3.8) is 0 Å². The van der Waals surface area contributed by atoms with E-state index < -0.39 is 83.7 Å². The van der Waals surface area contributed by atoms with Crippen LogP contribution in [-0.2, 0) is 57.1 Å². The molecule has 5 rings (SSSR count). The second-order valence-corrected chi connectivity index (χ2v) is 22.4. The summed E-state index contributed by atoms with van der Waals surface area (Å²) in [6.07, 6.45) is 19.8. The predicted octanol–water partition coefficient (Wildman–Crippen LogP) is 7.00. The normalized spacial score (nSPS) is 37.6. The highest BCUT2D eigenvalue weighted by molar-refractivity contribution is 6.39. The molecule has 16 heteroatoms. The number of fused-ring (bicyclic) bond motifs is 3. The second kappa shape index (κ2) is 31.0. The van der Waals surface area contributed by atoms with E-state index in [0.29, 0.717) is 75.9 Å². The number of allylic oxidation sites excluding steroid dienone is 6. The number of carbonyl (C=O) groups excluding carboxylic acids is 5. The minimum absolute atomic E-state index is 0.0731. The molecule has 4 aliphatic heterocycles. The van der Waals surface area contributed by atoms with Crippen LogP contribution in [-0.4, -0.2) is 158 Å². The SMILES string of the molecule is C#C[C@@H]1/C=C/C=C/C=C(\C)C(OCCC2CCOCC2)C[C@@H]2CC[C@@H](C)[C@@](O)(O2)C(=O)C(=O)N2CCCCC2C(=O)O[C@H]([C@H](C)C[C@@H]2CC[C@@H](OCCO)[C@H](OC)C2)CC(=O)[C@H](C)/C=C(\C)[C@@H](O)[C@@H](OC)C(=O)[C@H](C)C1. The van der Waals surface area contributed by atoms with Gasteiger partial charge in [0.05, 0.1) is 37.6 Å². The average molecular weight is 1070 g/mol. The number of esters is 1. The van der Waals surface area contributed by atoms with Crippen LogP contribution in [0.4, 0.5) is 0 Å². The van der Waals surface area contributed by atoms with Crippen molar-refractivity contribution in [2.75, 3.05) is 53.8 Å². The van der Waals surface area contributed by atoms with Crippen LogP contribution in [0.1, 0.15) is 138 Å². The number of hydrogen-bond donors (Lipinski definition) is 3. The van der Waals surface area contributed by atoms with Crippen LogP contribution in [0, 0.1) is 53.8 Å². The Labute approximate surface area is 452 Å². The van der Waals surface area contributed by atoms with E-state index in [2.05, 4.69) is 5.92 Å². The van der Waals surface area contributed by atoms with Crippen LogP contribution in [0.5, 0.6) is 0 Å². The molecule has 426 valence electrons. The molecule has 0 spiro atoms. The number of rotatable bonds is 12. The van der Waals surface area contributed by atoms with Crippen molar-refractivity contribution >= 4 is 29.2 Å². The first-order valence-electron chi connectivity index (χ1n) is 28.2. The van der Waals surface area contributed by atoms with Gasteiger partial charge in [0.25, 0.3) is 11.7 Å². The monoisotopic (exact) mass is 1070 g/mol. The van der Waals surface area contributed by atoms with E-state index in [9.17, 15) is 39.3 Å². The second-order valence-electron chi connectivity index (χ2n) is 22.4. The van der Waals surface area contributed by atoms with Gasteiger partial charge in [-0.25, -0.2) is 4.79 Å². The van der Waals surface area contributed by atoms with Gasteiger partial charge in [-0.3, -0.25) is 19.2 Å². The number of cyclic esters (lactones) is 1. The first-order chi connectivity index (χ1) is 36.3. The lowest BCUT2D eigenvalue weighted by atomic mass is 9.78. The molecular weight excluding hydrogens is 975 g/mol. The summed E-state index contributed by atoms with van der Waals surface area (Å²) < 4.78 is 42.2. The molecule has 5 aliphatic rings. The smallest absolute Gasteiger partial charge is 0.329 e. The molecule has 2 bridgehead atoms. The Bertz CT molecular complexity index is 2070. The molecule has 3 saturated heterocycles. The maximum absolute atomic E-state index is 14.6. The highest BCUT2D eigenvalue weighted by Gasteiger charge is 2.53. The van der Waals surface area contributed by atoms with E-state index in [0.717, 1.165) is 44.5 Å². The van der Waals surface area contributed by atoms with E-state index in [-0.39, 0.29) is 68.2 Å². The highest BCUT2D eigenvalue weighted by atomic mass is 16.6. The molecule has 1 saturated carbocycles. The van der Waals surface area contributed by atoms with E-state index in [1.165, 1.54) is 12.0 Å². The number of terminal acetylenes is 1. The van der Waals surface area contributed by atoms with Crippen LogP contribution in [0.3, 0.4) is 0 Å². The Hall–Kier alpha value is -3.89. The maximum atomic E-state index is 14.6. The summed E-state index contributed by atoms with van der Waals surface area (Å²) in [6.45, 7) is 12.7. The molecule has 1 aliphatic carbocycles. The van der Waals surface area contributed by atoms with Crippen LogP contribution < -0.4 is 0 Å². The number of carbonyl (C=O) groups is 5. The van der Waals surface area contributed by atoms with Crippen molar-refractivity contribution in [2.24, 2.45) is 41.4 Å². The van der Waals surface area contributed by atoms with Crippen molar-refractivity contribution in [2.45, 2.75) is 192 Å². The lowest BCUT2D eigenvalue weighted by Gasteiger charge is -2.43. The van der Waals surface area contributed by atoms with Crippen molar-refractivity contribution in [3.8, 4) is 12.3 Å². The number of hydrogen-bond acceptors (Lipinski definition) is 15. The average Bonchev–Trinajstić information content (AvgIpc) is 3.42. The Morgan fingerprint density at radius 3 is 2.30 bits per heavy atom. The topological polar surface area (TPSA) is 214 Å². The zero-order valence-corrected chi connectivity index (χ0v) is 46.7. The third kappa shape index (κ3) is 17.6. The molecule has 2 unspecified atom stereocenters. The summed E-state index contributed by atoms with van der Waals surface area (Å²) in [5.41, 5.74) is 1.23. The molecule has 0 aromatic rings. The highest BCUT2D eigenvalue weighted by Crippen LogP contribution is 2.38. The summed E-state index contributed by atoms with van der Waals surface area (Å²) >= 11 is 0. The first kappa shape index (κ1) is 62.9. The fourth-order valence-corrected chi connectivity index (χ4v) is 11.7. The van der Waals surface area contributed by atoms with Crippen molar-refractivity contribution < 1.29 is 72.5 Å². The van der Waals surface area contributed by atoms with Gasteiger partial charge in [-0.15, -0.1) is 6.42 Å². The molecule has 16 nitrogen and oxygen atoms in total. The number of ketones is 3. The van der Waals surface area contributed by atoms with Gasteiger partial charge in [0, 0.05) is 77.1 Å². The molecule has 15 atom stereocenters. The van der Waals surface area contributed by atoms with Crippen LogP contribution >= 0.6 is 0 Å². The lowest BCUT2D eigenvalue weighted by Crippen LogP contribution is -2.61. The number of aliphatic hydroxyl groups is 3. The van der Waals surface area contributed by atoms with E-state index >= 15 is 0 Å². The predicted molar refractivity (Wildman–Crippen MR) is 286 cm³/mol. The quantitative estimate of drug-likeness (QED) is 0.0777. The molecule has 3 N–H and O–H groups in total. The Balaban J connectivity index is 1.48. The standard InChI is InChI=1S/C60H91NO15/c1-10-44-17-13-11-12-16-38(2)51(73-30-25-45-23-28-72-29-24-45)36-47-21-19-43(7)60(69,76-47)57(66)58(67)61-26-15-14-18-48(61)59(68)75-52(40(4)33-46-20-22-50(74-31-27-62)53(35-46)70-8)37-49(63)39(3)32-41(5)54(64)56(71-9)55(65)42(6)34-44/h1,11-13,16-17,32,39-40,42-48,50-54,56,62,64,69H,14-15,18-31,33-37H2,2-9H3/b12-11+,17-13+,38-16+,41-32+/t39-,40-,42-,43-,44-,46+,47+,48?,50-,51?,52+,53-,54-,56-,60-/m1/s1. The van der Waals surface area contributed by atoms with E-state index in [1.807, 2.05) is 44.2 Å². The summed E-state index contributed by atoms with van der Waals surface area (Å²) in [6, 6.07) is -1.16. The molecule has 4 fully saturated rings. The van der Waals surface area contributed by atoms with Gasteiger partial charge in [-0.05, 0) is 126 Å². The summed E-state index contributed by atoms with van der Waals surface area (Å²) in [5.74, 6) is -5.56. The number of aliphatic hydroxyl groups excluding tert-OH is 2. The largest absolute Gasteiger partial charge is 0.460 e. The van der Waals surface area contributed by atoms with Gasteiger partial charge >= 0.3 is 5.97 Å². The minimum atomic E-state index is -2.47. The Morgan fingerprint density at radius 2 is 1.61 bits per heavy atom. The first-order valence-corrected chi connectivity index (χ1v) is 28.2. The summed E-state index contributed by atoms with van der Waals surface area (Å²) in [4.78, 5) is 73.1. The Kier molecular flexibility index (Phi) is 25.7. The van der Waals surface area contributed by atoms with Gasteiger partial charge in [0.1, 0.15) is 30.1 Å². The van der Waals surface area contributed by atoms with Crippen molar-refractivity contribution in [1.29, 1.82) is 0 Å². The number of piperidine rings is 1. The Morgan fingerprint density at radius 1 is 0.855 bits per heavy atom. The summed E-state index contributed by atoms with van der Waals surface area (Å²) in [5, 5.41) is 33.2. The van der Waals surface area contributed by atoms with E-state index in [1.54, 1.807) is 40.9 Å². The minimum Gasteiger partial charge on any atom is -0.460 e. The van der Waals surface area contributed by atoms with Gasteiger partial charge in [0.2, 0.25) is 5.79 Å². The molecule has 0 aromatic heterocycles. The molecule has 76 heavy (non-hydrogen) atoms. The number of Topliss-reactive ketones (excluding diaryl/α,β-unsaturated/α-hetero) is 3. The lowest BCUT2D eigenvalue weighted by molar-refractivity contribution is -0.266. The van der Waals surface area contributed by atoms with Crippen LogP contribution in [0.2, 0.25) is 0 Å². The van der Waals surface area contributed by atoms with Crippen molar-refractivity contribution in [3.05, 3.63) is 47.6 Å². The van der Waals surface area contributed by atoms with Gasteiger partial charge < -0.3 is 53.4 Å². The third-order valence-corrected chi connectivity index (χ3v) is 16.8. The molecule has 1 amide bonds. The molecule has 4 heterocycles. The van der Waals surface area contributed by atoms with Gasteiger partial charge in [-0.1, -0.05) is 70.1 Å². The zero-order valence-electron chi connectivity index (χ0n) is 46.7. The van der Waals surface area contributed by atoms with Crippen LogP contribution in [0.15, 0.2) is 47.6 Å². The number of nitrogens with zero attached hydrogens (tertiary/aromatic N) is 1. The fraction of sp³-hybridized carbons (Fsp3) is 0.750. The summed E-state index contributed by atoms with van der Waals surface area (Å²) in [7, 11) is 2.98. The van der Waals surface area contributed by atoms with Gasteiger partial charge in [0.15, 0.2) is 5.78 Å². The number of methoxy groups -OCH3 is 2. The molecule has 0 radical (unpaired) electrons. The third-order valence-electron chi connectivity index (χ3n) is 16.8. The van der Waals surface area contributed by atoms with E-state index in [4.69, 9.17) is 39.6 Å². The maximum Gasteiger partial charge on any atom is 0.329 e. The number of amides is 1. The zero-order chi connectivity index (χ0) is 55.5. The molecular formula is C60H91NO15. The van der Waals surface area contributed by atoms with Crippen molar-refractivity contribution in [1.82, 2.24) is 4.90 Å². The fourth-order valence-electron chi connectivity index (χ4n) is 11.7. The number of ether oxygens (including phenoxy) is 7. The van der Waals surface area contributed by atoms with Crippen LogP contribution in [0.25, 0.3) is 0 Å².